The van der Waals surface area contributed by atoms with Crippen LogP contribution in [0.25, 0.3) is 0 Å². The second-order valence-electron chi connectivity index (χ2n) is 3.75. The maximum atomic E-state index is 13.7. The Morgan fingerprint density at radius 3 is 2.70 bits per heavy atom. The van der Waals surface area contributed by atoms with Gasteiger partial charge in [0.05, 0.1) is 23.0 Å². The summed E-state index contributed by atoms with van der Waals surface area (Å²) in [7, 11) is -3.97. The van der Waals surface area contributed by atoms with Crippen LogP contribution >= 0.6 is 22.9 Å². The van der Waals surface area contributed by atoms with Gasteiger partial charge in [-0.2, -0.15) is 5.26 Å². The van der Waals surface area contributed by atoms with Crippen LogP contribution in [0, 0.1) is 24.1 Å². The first kappa shape index (κ1) is 14.7. The molecule has 2 rings (SSSR count). The van der Waals surface area contributed by atoms with E-state index < -0.39 is 15.8 Å². The third-order valence-corrected chi connectivity index (χ3v) is 5.55. The molecule has 9 heteroatoms. The lowest BCUT2D eigenvalue weighted by atomic mass is 10.2. The predicted molar refractivity (Wildman–Crippen MR) is 73.8 cm³/mol. The summed E-state index contributed by atoms with van der Waals surface area (Å²) in [5.74, 6) is -0.833. The lowest BCUT2D eigenvalue weighted by molar-refractivity contribution is 0.599. The molecule has 0 saturated carbocycles. The summed E-state index contributed by atoms with van der Waals surface area (Å²) in [6, 6.07) is 5.21. The van der Waals surface area contributed by atoms with Crippen LogP contribution in [0.3, 0.4) is 0 Å². The van der Waals surface area contributed by atoms with Crippen molar-refractivity contribution < 1.29 is 12.8 Å². The van der Waals surface area contributed by atoms with E-state index in [-0.39, 0.29) is 25.6 Å². The molecular formula is C11H7ClFN3O2S2. The van der Waals surface area contributed by atoms with Crippen LogP contribution in [0.15, 0.2) is 22.4 Å². The fourth-order valence-corrected chi connectivity index (χ4v) is 4.27. The van der Waals surface area contributed by atoms with Gasteiger partial charge < -0.3 is 0 Å². The van der Waals surface area contributed by atoms with Gasteiger partial charge >= 0.3 is 0 Å². The zero-order valence-corrected chi connectivity index (χ0v) is 12.4. The molecule has 20 heavy (non-hydrogen) atoms. The molecule has 0 aliphatic heterocycles. The van der Waals surface area contributed by atoms with E-state index in [4.69, 9.17) is 16.9 Å². The lowest BCUT2D eigenvalue weighted by Gasteiger charge is -2.07. The standard InChI is InChI=1S/C11H7ClFN3O2S2/c1-6-10(19-11(12)15-6)20(17,18)16-9-3-2-7(5-14)4-8(9)13/h2-4,16H,1H3. The van der Waals surface area contributed by atoms with E-state index in [1.165, 1.54) is 19.1 Å². The first-order chi connectivity index (χ1) is 9.33. The molecule has 0 spiro atoms. The molecule has 1 aromatic heterocycles. The zero-order valence-electron chi connectivity index (χ0n) is 10.0. The number of sulfonamides is 1. The van der Waals surface area contributed by atoms with Gasteiger partial charge in [0, 0.05) is 0 Å². The van der Waals surface area contributed by atoms with Gasteiger partial charge in [0.1, 0.15) is 5.82 Å². The minimum absolute atomic E-state index is 0.0775. The second kappa shape index (κ2) is 5.36. The van der Waals surface area contributed by atoms with E-state index in [2.05, 4.69) is 9.71 Å². The van der Waals surface area contributed by atoms with Crippen molar-refractivity contribution in [2.24, 2.45) is 0 Å². The number of benzene rings is 1. The number of rotatable bonds is 3. The molecule has 2 aromatic rings. The van der Waals surface area contributed by atoms with Crippen molar-refractivity contribution in [3.63, 3.8) is 0 Å². The van der Waals surface area contributed by atoms with Crippen molar-refractivity contribution >= 4 is 38.6 Å². The van der Waals surface area contributed by atoms with Crippen LogP contribution in [0.2, 0.25) is 4.47 Å². The van der Waals surface area contributed by atoms with E-state index in [9.17, 15) is 12.8 Å². The summed E-state index contributed by atoms with van der Waals surface area (Å²) in [6.07, 6.45) is 0. The first-order valence-electron chi connectivity index (χ1n) is 5.19. The van der Waals surface area contributed by atoms with Gasteiger partial charge in [-0.05, 0) is 25.1 Å². The van der Waals surface area contributed by atoms with Gasteiger partial charge in [-0.15, -0.1) is 0 Å². The molecule has 1 heterocycles. The number of nitriles is 1. The topological polar surface area (TPSA) is 82.8 Å². The Bertz CT molecular complexity index is 812. The van der Waals surface area contributed by atoms with Gasteiger partial charge in [-0.3, -0.25) is 4.72 Å². The van der Waals surface area contributed by atoms with Gasteiger partial charge in [-0.25, -0.2) is 17.8 Å². The molecule has 104 valence electrons. The van der Waals surface area contributed by atoms with E-state index in [1.54, 1.807) is 6.07 Å². The minimum Gasteiger partial charge on any atom is -0.276 e. The Labute approximate surface area is 123 Å². The third-order valence-electron chi connectivity index (χ3n) is 2.31. The van der Waals surface area contributed by atoms with Crippen LogP contribution in [-0.4, -0.2) is 13.4 Å². The van der Waals surface area contributed by atoms with E-state index in [0.717, 1.165) is 17.4 Å². The van der Waals surface area contributed by atoms with E-state index in [0.29, 0.717) is 0 Å². The Kier molecular flexibility index (Phi) is 3.94. The van der Waals surface area contributed by atoms with Crippen molar-refractivity contribution in [3.8, 4) is 6.07 Å². The number of halogens is 2. The highest BCUT2D eigenvalue weighted by Gasteiger charge is 2.22. The largest absolute Gasteiger partial charge is 0.276 e. The first-order valence-corrected chi connectivity index (χ1v) is 7.86. The smallest absolute Gasteiger partial charge is 0.273 e. The number of nitrogens with zero attached hydrogens (tertiary/aromatic N) is 2. The summed E-state index contributed by atoms with van der Waals surface area (Å²) in [6.45, 7) is 1.49. The number of anilines is 1. The third kappa shape index (κ3) is 2.90. The molecule has 0 unspecified atom stereocenters. The normalized spacial score (nSPS) is 11.1. The monoisotopic (exact) mass is 331 g/mol. The summed E-state index contributed by atoms with van der Waals surface area (Å²) in [5, 5.41) is 8.63. The molecule has 0 radical (unpaired) electrons. The molecule has 0 bridgehead atoms. The highest BCUT2D eigenvalue weighted by molar-refractivity contribution is 7.94. The van der Waals surface area contributed by atoms with Crippen molar-refractivity contribution in [2.45, 2.75) is 11.1 Å². The van der Waals surface area contributed by atoms with Gasteiger partial charge in [0.2, 0.25) is 0 Å². The molecule has 0 aliphatic carbocycles. The fourth-order valence-electron chi connectivity index (χ4n) is 1.46. The van der Waals surface area contributed by atoms with Crippen molar-refractivity contribution in [3.05, 3.63) is 39.7 Å². The summed E-state index contributed by atoms with van der Waals surface area (Å²) >= 11 is 6.43. The van der Waals surface area contributed by atoms with Crippen LogP contribution in [-0.2, 0) is 10.0 Å². The average Bonchev–Trinajstić information content (AvgIpc) is 2.71. The lowest BCUT2D eigenvalue weighted by Crippen LogP contribution is -2.13. The molecule has 1 aromatic carbocycles. The zero-order chi connectivity index (χ0) is 14.9. The number of aromatic nitrogens is 1. The SMILES string of the molecule is Cc1nc(Cl)sc1S(=O)(=O)Nc1ccc(C#N)cc1F. The molecule has 5 nitrogen and oxygen atoms in total. The highest BCUT2D eigenvalue weighted by atomic mass is 35.5. The Morgan fingerprint density at radius 1 is 1.50 bits per heavy atom. The molecular weight excluding hydrogens is 325 g/mol. The van der Waals surface area contributed by atoms with Gasteiger partial charge in [0.25, 0.3) is 10.0 Å². The molecule has 1 N–H and O–H groups in total. The van der Waals surface area contributed by atoms with Crippen molar-refractivity contribution in [1.29, 1.82) is 5.26 Å². The van der Waals surface area contributed by atoms with Crippen molar-refractivity contribution in [1.82, 2.24) is 4.98 Å². The number of aryl methyl sites for hydroxylation is 1. The minimum atomic E-state index is -3.97. The van der Waals surface area contributed by atoms with Gasteiger partial charge in [0.15, 0.2) is 8.68 Å². The molecule has 0 saturated heterocycles. The quantitative estimate of drug-likeness (QED) is 0.937. The summed E-state index contributed by atoms with van der Waals surface area (Å²) in [5.41, 5.74) is 0.0944. The number of thiazole rings is 1. The fraction of sp³-hybridized carbons (Fsp3) is 0.0909. The summed E-state index contributed by atoms with van der Waals surface area (Å²) < 4.78 is 40.0. The maximum Gasteiger partial charge on any atom is 0.273 e. The molecule has 0 fully saturated rings. The second-order valence-corrected chi connectivity index (χ2v) is 7.21. The van der Waals surface area contributed by atoms with E-state index >= 15 is 0 Å². The Morgan fingerprint density at radius 2 is 2.20 bits per heavy atom. The molecule has 0 aliphatic rings. The van der Waals surface area contributed by atoms with Crippen LogP contribution in [0.1, 0.15) is 11.3 Å². The summed E-state index contributed by atoms with van der Waals surface area (Å²) in [4.78, 5) is 3.80. The van der Waals surface area contributed by atoms with Gasteiger partial charge in [-0.1, -0.05) is 22.9 Å². The van der Waals surface area contributed by atoms with Crippen molar-refractivity contribution in [2.75, 3.05) is 4.72 Å². The highest BCUT2D eigenvalue weighted by Crippen LogP contribution is 2.29. The number of hydrogen-bond donors (Lipinski definition) is 1. The maximum absolute atomic E-state index is 13.7. The number of nitrogens with one attached hydrogen (secondary N) is 1. The molecule has 0 amide bonds. The van der Waals surface area contributed by atoms with E-state index in [1.807, 2.05) is 0 Å². The van der Waals surface area contributed by atoms with Crippen LogP contribution < -0.4 is 4.72 Å². The van der Waals surface area contributed by atoms with Crippen LogP contribution in [0.5, 0.6) is 0 Å². The average molecular weight is 332 g/mol. The predicted octanol–water partition coefficient (Wildman–Crippen LogP) is 2.92. The van der Waals surface area contributed by atoms with Crippen LogP contribution in [0.4, 0.5) is 10.1 Å². The Hall–Kier alpha value is -1.69. The Balaban J connectivity index is 2.39. The number of hydrogen-bond acceptors (Lipinski definition) is 5. The molecule has 0 atom stereocenters.